The van der Waals surface area contributed by atoms with E-state index in [9.17, 15) is 0 Å². The molecule has 20 heavy (non-hydrogen) atoms. The first-order chi connectivity index (χ1) is 9.86. The normalized spacial score (nSPS) is 17.1. The van der Waals surface area contributed by atoms with Crippen molar-refractivity contribution in [2.75, 3.05) is 5.32 Å². The second-order valence-electron chi connectivity index (χ2n) is 5.76. The molecule has 0 unspecified atom stereocenters. The number of nitrogens with zero attached hydrogens (tertiary/aromatic N) is 2. The molecule has 0 bridgehead atoms. The fourth-order valence-electron chi connectivity index (χ4n) is 3.06. The number of hydrogen-bond acceptors (Lipinski definition) is 3. The zero-order chi connectivity index (χ0) is 13.8. The van der Waals surface area contributed by atoms with Crippen LogP contribution >= 0.6 is 0 Å². The summed E-state index contributed by atoms with van der Waals surface area (Å²) in [7, 11) is 0. The number of fused-ring (bicyclic) bond motifs is 1. The Labute approximate surface area is 120 Å². The maximum atomic E-state index is 4.48. The summed E-state index contributed by atoms with van der Waals surface area (Å²) < 4.78 is 0. The third-order valence-corrected chi connectivity index (χ3v) is 4.30. The highest BCUT2D eigenvalue weighted by molar-refractivity contribution is 5.89. The minimum atomic E-state index is 0.570. The summed E-state index contributed by atoms with van der Waals surface area (Å²) in [5.41, 5.74) is 2.38. The molecular formula is C17H23N3. The number of anilines is 1. The van der Waals surface area contributed by atoms with E-state index in [1.807, 2.05) is 0 Å². The molecule has 3 heteroatoms. The van der Waals surface area contributed by atoms with Crippen molar-refractivity contribution in [1.29, 1.82) is 0 Å². The number of hydrogen-bond donors (Lipinski definition) is 1. The van der Waals surface area contributed by atoms with Gasteiger partial charge in [0, 0.05) is 11.4 Å². The molecule has 1 aliphatic rings. The number of nitrogens with one attached hydrogen (secondary N) is 1. The monoisotopic (exact) mass is 269 g/mol. The van der Waals surface area contributed by atoms with Crippen molar-refractivity contribution in [3.8, 4) is 0 Å². The van der Waals surface area contributed by atoms with Crippen LogP contribution in [0.25, 0.3) is 10.9 Å². The Bertz CT molecular complexity index is 571. The van der Waals surface area contributed by atoms with Crippen molar-refractivity contribution in [3.05, 3.63) is 30.1 Å². The molecule has 0 radical (unpaired) electrons. The summed E-state index contributed by atoms with van der Waals surface area (Å²) in [6.07, 6.45) is 10.7. The largest absolute Gasteiger partial charge is 0.367 e. The van der Waals surface area contributed by atoms with E-state index >= 15 is 0 Å². The molecule has 3 nitrogen and oxygen atoms in total. The molecule has 1 aromatic heterocycles. The van der Waals surface area contributed by atoms with Crippen LogP contribution in [0.2, 0.25) is 0 Å². The molecule has 0 spiro atoms. The van der Waals surface area contributed by atoms with Crippen LogP contribution in [0.3, 0.4) is 0 Å². The molecule has 2 aromatic rings. The molecule has 1 N–H and O–H groups in total. The number of aryl methyl sites for hydroxylation is 1. The highest BCUT2D eigenvalue weighted by atomic mass is 15.0. The van der Waals surface area contributed by atoms with Crippen molar-refractivity contribution in [3.63, 3.8) is 0 Å². The summed E-state index contributed by atoms with van der Waals surface area (Å²) in [4.78, 5) is 8.86. The molecule has 106 valence electrons. The van der Waals surface area contributed by atoms with E-state index in [1.54, 1.807) is 6.33 Å². The van der Waals surface area contributed by atoms with E-state index in [4.69, 9.17) is 0 Å². The third-order valence-electron chi connectivity index (χ3n) is 4.30. The Hall–Kier alpha value is -1.64. The number of aromatic nitrogens is 2. The number of rotatable bonds is 3. The second kappa shape index (κ2) is 6.21. The van der Waals surface area contributed by atoms with Gasteiger partial charge in [-0.3, -0.25) is 0 Å². The Morgan fingerprint density at radius 1 is 1.10 bits per heavy atom. The lowest BCUT2D eigenvalue weighted by atomic mass is 10.1. The minimum Gasteiger partial charge on any atom is -0.367 e. The van der Waals surface area contributed by atoms with E-state index < -0.39 is 0 Å². The molecule has 0 aliphatic heterocycles. The Balaban J connectivity index is 1.89. The predicted molar refractivity (Wildman–Crippen MR) is 84.0 cm³/mol. The van der Waals surface area contributed by atoms with Gasteiger partial charge in [0.25, 0.3) is 0 Å². The average molecular weight is 269 g/mol. The summed E-state index contributed by atoms with van der Waals surface area (Å²) in [5.74, 6) is 1.01. The first-order valence-corrected chi connectivity index (χ1v) is 7.87. The van der Waals surface area contributed by atoms with Gasteiger partial charge in [-0.05, 0) is 37.0 Å². The van der Waals surface area contributed by atoms with Gasteiger partial charge in [0.05, 0.1) is 5.52 Å². The van der Waals surface area contributed by atoms with Gasteiger partial charge in [-0.2, -0.15) is 0 Å². The van der Waals surface area contributed by atoms with Gasteiger partial charge < -0.3 is 5.32 Å². The average Bonchev–Trinajstić information content (AvgIpc) is 2.76. The molecule has 0 atom stereocenters. The lowest BCUT2D eigenvalue weighted by molar-refractivity contribution is 0.618. The van der Waals surface area contributed by atoms with Crippen molar-refractivity contribution in [2.45, 2.75) is 57.9 Å². The molecule has 1 saturated carbocycles. The second-order valence-corrected chi connectivity index (χ2v) is 5.76. The summed E-state index contributed by atoms with van der Waals surface area (Å²) in [6.45, 7) is 2.18. The summed E-state index contributed by atoms with van der Waals surface area (Å²) in [6, 6.07) is 7.06. The van der Waals surface area contributed by atoms with Gasteiger partial charge in [0.2, 0.25) is 0 Å². The molecule has 1 fully saturated rings. The SMILES string of the molecule is CCc1ccc2ncnc(NC3CCCCCC3)c2c1. The van der Waals surface area contributed by atoms with E-state index in [1.165, 1.54) is 44.1 Å². The van der Waals surface area contributed by atoms with Crippen LogP contribution in [-0.4, -0.2) is 16.0 Å². The van der Waals surface area contributed by atoms with Gasteiger partial charge in [0.15, 0.2) is 0 Å². The standard InChI is InChI=1S/C17H23N3/c1-2-13-9-10-16-15(11-13)17(19-12-18-16)20-14-7-5-3-4-6-8-14/h9-12,14H,2-8H2,1H3,(H,18,19,20). The first kappa shape index (κ1) is 13.3. The third kappa shape index (κ3) is 2.92. The van der Waals surface area contributed by atoms with Gasteiger partial charge in [-0.1, -0.05) is 38.7 Å². The Morgan fingerprint density at radius 3 is 2.65 bits per heavy atom. The van der Waals surface area contributed by atoms with E-state index in [-0.39, 0.29) is 0 Å². The van der Waals surface area contributed by atoms with Gasteiger partial charge >= 0.3 is 0 Å². The Kier molecular flexibility index (Phi) is 4.14. The van der Waals surface area contributed by atoms with Gasteiger partial charge in [-0.15, -0.1) is 0 Å². The van der Waals surface area contributed by atoms with Crippen molar-refractivity contribution < 1.29 is 0 Å². The zero-order valence-corrected chi connectivity index (χ0v) is 12.2. The van der Waals surface area contributed by atoms with Crippen molar-refractivity contribution >= 4 is 16.7 Å². The molecular weight excluding hydrogens is 246 g/mol. The van der Waals surface area contributed by atoms with Crippen LogP contribution in [-0.2, 0) is 6.42 Å². The van der Waals surface area contributed by atoms with E-state index in [0.29, 0.717) is 6.04 Å². The maximum Gasteiger partial charge on any atom is 0.137 e. The molecule has 0 saturated heterocycles. The fraction of sp³-hybridized carbons (Fsp3) is 0.529. The van der Waals surface area contributed by atoms with Gasteiger partial charge in [-0.25, -0.2) is 9.97 Å². The predicted octanol–water partition coefficient (Wildman–Crippen LogP) is 4.33. The minimum absolute atomic E-state index is 0.570. The van der Waals surface area contributed by atoms with Crippen molar-refractivity contribution in [2.24, 2.45) is 0 Å². The van der Waals surface area contributed by atoms with Crippen LogP contribution in [0.1, 0.15) is 51.0 Å². The molecule has 3 rings (SSSR count). The summed E-state index contributed by atoms with van der Waals surface area (Å²) in [5, 5.41) is 4.83. The van der Waals surface area contributed by atoms with E-state index in [2.05, 4.69) is 40.4 Å². The van der Waals surface area contributed by atoms with Crippen molar-refractivity contribution in [1.82, 2.24) is 9.97 Å². The van der Waals surface area contributed by atoms with Gasteiger partial charge in [0.1, 0.15) is 12.1 Å². The van der Waals surface area contributed by atoms with Crippen LogP contribution in [0.4, 0.5) is 5.82 Å². The first-order valence-electron chi connectivity index (χ1n) is 7.87. The molecule has 1 aromatic carbocycles. The van der Waals surface area contributed by atoms with Crippen LogP contribution < -0.4 is 5.32 Å². The quantitative estimate of drug-likeness (QED) is 0.843. The molecule has 1 heterocycles. The molecule has 0 amide bonds. The smallest absolute Gasteiger partial charge is 0.137 e. The van der Waals surface area contributed by atoms with E-state index in [0.717, 1.165) is 23.1 Å². The maximum absolute atomic E-state index is 4.48. The lowest BCUT2D eigenvalue weighted by Gasteiger charge is -2.18. The topological polar surface area (TPSA) is 37.8 Å². The highest BCUT2D eigenvalue weighted by Crippen LogP contribution is 2.25. The summed E-state index contributed by atoms with van der Waals surface area (Å²) >= 11 is 0. The Morgan fingerprint density at radius 2 is 1.90 bits per heavy atom. The van der Waals surface area contributed by atoms with Crippen LogP contribution in [0.15, 0.2) is 24.5 Å². The molecule has 1 aliphatic carbocycles. The number of benzene rings is 1. The lowest BCUT2D eigenvalue weighted by Crippen LogP contribution is -2.19. The highest BCUT2D eigenvalue weighted by Gasteiger charge is 2.14. The zero-order valence-electron chi connectivity index (χ0n) is 12.2. The van der Waals surface area contributed by atoms with Crippen LogP contribution in [0, 0.1) is 0 Å². The fourth-order valence-corrected chi connectivity index (χ4v) is 3.06. The van der Waals surface area contributed by atoms with Crippen LogP contribution in [0.5, 0.6) is 0 Å².